The molecule has 0 spiro atoms. The lowest BCUT2D eigenvalue weighted by molar-refractivity contribution is 0.197. The van der Waals surface area contributed by atoms with Gasteiger partial charge in [-0.2, -0.15) is 0 Å². The minimum atomic E-state index is -0.233. The Hall–Kier alpha value is -3.00. The maximum absolute atomic E-state index is 13.7. The van der Waals surface area contributed by atoms with Crippen molar-refractivity contribution in [2.45, 2.75) is 37.8 Å². The van der Waals surface area contributed by atoms with Gasteiger partial charge in [-0.25, -0.2) is 9.07 Å². The summed E-state index contributed by atoms with van der Waals surface area (Å²) in [5, 5.41) is 12.9. The number of rotatable bonds is 6. The summed E-state index contributed by atoms with van der Waals surface area (Å²) in [6, 6.07) is 15.1. The summed E-state index contributed by atoms with van der Waals surface area (Å²) in [6.45, 7) is 3.42. The molecule has 0 unspecified atom stereocenters. The van der Waals surface area contributed by atoms with Crippen LogP contribution in [0.5, 0.6) is 5.75 Å². The molecule has 8 heteroatoms. The number of nitrogens with zero attached hydrogens (tertiary/aromatic N) is 6. The molecule has 0 N–H and O–H groups in total. The third-order valence-corrected chi connectivity index (χ3v) is 6.72. The molecule has 1 aliphatic heterocycles. The lowest BCUT2D eigenvalue weighted by atomic mass is 10.0. The summed E-state index contributed by atoms with van der Waals surface area (Å²) in [4.78, 5) is 4.77. The van der Waals surface area contributed by atoms with E-state index in [0.29, 0.717) is 6.04 Å². The van der Waals surface area contributed by atoms with Gasteiger partial charge in [-0.05, 0) is 53.1 Å². The second-order valence-electron chi connectivity index (χ2n) is 8.57. The van der Waals surface area contributed by atoms with Gasteiger partial charge in [-0.3, -0.25) is 4.90 Å². The predicted molar refractivity (Wildman–Crippen MR) is 120 cm³/mol. The molecule has 32 heavy (non-hydrogen) atoms. The highest BCUT2D eigenvalue weighted by Crippen LogP contribution is 2.35. The van der Waals surface area contributed by atoms with Crippen LogP contribution in [-0.4, -0.2) is 58.4 Å². The van der Waals surface area contributed by atoms with Crippen LogP contribution in [0.1, 0.15) is 49.2 Å². The zero-order valence-electron chi connectivity index (χ0n) is 18.4. The molecule has 2 aliphatic rings. The van der Waals surface area contributed by atoms with Crippen LogP contribution in [0.15, 0.2) is 48.5 Å². The molecule has 1 aromatic heterocycles. The van der Waals surface area contributed by atoms with Gasteiger partial charge in [-0.1, -0.05) is 37.1 Å². The zero-order chi connectivity index (χ0) is 21.9. The predicted octanol–water partition coefficient (Wildman–Crippen LogP) is 3.85. The lowest BCUT2D eigenvalue weighted by Gasteiger charge is -2.40. The number of hydrogen-bond donors (Lipinski definition) is 0. The highest BCUT2D eigenvalue weighted by molar-refractivity contribution is 5.58. The third-order valence-electron chi connectivity index (χ3n) is 6.72. The molecule has 1 atom stereocenters. The first-order valence-electron chi connectivity index (χ1n) is 11.4. The largest absolute Gasteiger partial charge is 0.495 e. The summed E-state index contributed by atoms with van der Waals surface area (Å²) in [5.41, 5.74) is 2.13. The molecule has 1 saturated carbocycles. The minimum absolute atomic E-state index is 0.106. The molecule has 2 heterocycles. The van der Waals surface area contributed by atoms with Crippen LogP contribution in [0.3, 0.4) is 0 Å². The molecule has 3 aromatic rings. The van der Waals surface area contributed by atoms with Crippen molar-refractivity contribution < 1.29 is 9.13 Å². The Bertz CT molecular complexity index is 1020. The van der Waals surface area contributed by atoms with E-state index in [4.69, 9.17) is 4.74 Å². The topological polar surface area (TPSA) is 59.3 Å². The molecule has 168 valence electrons. The second kappa shape index (κ2) is 9.24. The number of tetrazole rings is 1. The fourth-order valence-electron chi connectivity index (χ4n) is 5.07. The number of aromatic nitrogens is 4. The molecule has 1 aliphatic carbocycles. The Kier molecular flexibility index (Phi) is 6.03. The van der Waals surface area contributed by atoms with Crippen LogP contribution in [0.2, 0.25) is 0 Å². The Morgan fingerprint density at radius 1 is 0.969 bits per heavy atom. The molecule has 0 radical (unpaired) electrons. The molecule has 7 nitrogen and oxygen atoms in total. The fourth-order valence-corrected chi connectivity index (χ4v) is 5.07. The maximum Gasteiger partial charge on any atom is 0.173 e. The van der Waals surface area contributed by atoms with Gasteiger partial charge >= 0.3 is 0 Å². The van der Waals surface area contributed by atoms with Crippen molar-refractivity contribution in [1.82, 2.24) is 25.1 Å². The van der Waals surface area contributed by atoms with E-state index >= 15 is 0 Å². The van der Waals surface area contributed by atoms with Crippen molar-refractivity contribution in [3.8, 4) is 5.75 Å². The number of hydrogen-bond acceptors (Lipinski definition) is 6. The average molecular weight is 437 g/mol. The van der Waals surface area contributed by atoms with Crippen molar-refractivity contribution in [1.29, 1.82) is 0 Å². The van der Waals surface area contributed by atoms with E-state index in [1.807, 2.05) is 35.0 Å². The highest BCUT2D eigenvalue weighted by Gasteiger charge is 2.33. The standard InChI is InChI=1S/C24H29FN6O/c1-32-22-9-5-4-8-21(22)29-14-16-30(17-15-29)23(18-10-12-19(25)13-11-18)24-26-27-28-31(24)20-6-2-3-7-20/h4-5,8-13,20,23H,2-3,6-7,14-17H2,1H3/t23-/m0/s1. The quantitative estimate of drug-likeness (QED) is 0.585. The number of para-hydroxylation sites is 2. The van der Waals surface area contributed by atoms with Crippen LogP contribution >= 0.6 is 0 Å². The van der Waals surface area contributed by atoms with Gasteiger partial charge in [0.25, 0.3) is 0 Å². The van der Waals surface area contributed by atoms with Crippen LogP contribution < -0.4 is 9.64 Å². The van der Waals surface area contributed by atoms with Gasteiger partial charge in [-0.15, -0.1) is 5.10 Å². The number of methoxy groups -OCH3 is 1. The smallest absolute Gasteiger partial charge is 0.173 e. The van der Waals surface area contributed by atoms with E-state index in [9.17, 15) is 4.39 Å². The van der Waals surface area contributed by atoms with Gasteiger partial charge in [0.15, 0.2) is 5.82 Å². The van der Waals surface area contributed by atoms with Crippen molar-refractivity contribution in [2.75, 3.05) is 38.2 Å². The van der Waals surface area contributed by atoms with E-state index in [1.54, 1.807) is 7.11 Å². The zero-order valence-corrected chi connectivity index (χ0v) is 18.4. The average Bonchev–Trinajstić information content (AvgIpc) is 3.53. The third kappa shape index (κ3) is 4.07. The molecular formula is C24H29FN6O. The van der Waals surface area contributed by atoms with Crippen molar-refractivity contribution >= 4 is 5.69 Å². The molecule has 2 aromatic carbocycles. The molecule has 5 rings (SSSR count). The van der Waals surface area contributed by atoms with Crippen LogP contribution in [0.25, 0.3) is 0 Å². The number of halogens is 1. The van der Waals surface area contributed by atoms with E-state index in [2.05, 4.69) is 31.4 Å². The number of anilines is 1. The Balaban J connectivity index is 1.42. The van der Waals surface area contributed by atoms with Gasteiger partial charge in [0.1, 0.15) is 11.6 Å². The molecule has 0 amide bonds. The molecular weight excluding hydrogens is 407 g/mol. The summed E-state index contributed by atoms with van der Waals surface area (Å²) in [5.74, 6) is 1.51. The number of benzene rings is 2. The minimum Gasteiger partial charge on any atom is -0.495 e. The van der Waals surface area contributed by atoms with Crippen molar-refractivity contribution in [3.05, 3.63) is 65.7 Å². The monoisotopic (exact) mass is 436 g/mol. The first kappa shape index (κ1) is 20.9. The Morgan fingerprint density at radius 2 is 1.69 bits per heavy atom. The van der Waals surface area contributed by atoms with Gasteiger partial charge < -0.3 is 9.64 Å². The van der Waals surface area contributed by atoms with Gasteiger partial charge in [0, 0.05) is 26.2 Å². The highest BCUT2D eigenvalue weighted by atomic mass is 19.1. The molecule has 2 fully saturated rings. The van der Waals surface area contributed by atoms with E-state index in [1.165, 1.54) is 25.0 Å². The summed E-state index contributed by atoms with van der Waals surface area (Å²) >= 11 is 0. The van der Waals surface area contributed by atoms with Crippen LogP contribution in [0, 0.1) is 5.82 Å². The lowest BCUT2D eigenvalue weighted by Crippen LogP contribution is -2.48. The van der Waals surface area contributed by atoms with Crippen molar-refractivity contribution in [2.24, 2.45) is 0 Å². The van der Waals surface area contributed by atoms with Crippen LogP contribution in [-0.2, 0) is 0 Å². The maximum atomic E-state index is 13.7. The normalized spacial score (nSPS) is 18.8. The van der Waals surface area contributed by atoms with Crippen molar-refractivity contribution in [3.63, 3.8) is 0 Å². The van der Waals surface area contributed by atoms with E-state index < -0.39 is 0 Å². The SMILES string of the molecule is COc1ccccc1N1CCN([C@@H](c2ccc(F)cc2)c2nnnn2C2CCCC2)CC1. The molecule has 1 saturated heterocycles. The second-order valence-corrected chi connectivity index (χ2v) is 8.57. The van der Waals surface area contributed by atoms with E-state index in [-0.39, 0.29) is 11.9 Å². The Labute approximate surface area is 187 Å². The summed E-state index contributed by atoms with van der Waals surface area (Å²) in [7, 11) is 1.71. The fraction of sp³-hybridized carbons (Fsp3) is 0.458. The van der Waals surface area contributed by atoms with Gasteiger partial charge in [0.2, 0.25) is 0 Å². The van der Waals surface area contributed by atoms with E-state index in [0.717, 1.165) is 61.8 Å². The first-order valence-corrected chi connectivity index (χ1v) is 11.4. The summed E-state index contributed by atoms with van der Waals surface area (Å²) < 4.78 is 21.3. The first-order chi connectivity index (χ1) is 15.7. The number of piperazine rings is 1. The number of ether oxygens (including phenoxy) is 1. The van der Waals surface area contributed by atoms with Gasteiger partial charge in [0.05, 0.1) is 24.9 Å². The Morgan fingerprint density at radius 3 is 2.41 bits per heavy atom. The molecule has 0 bridgehead atoms. The van der Waals surface area contributed by atoms with Crippen LogP contribution in [0.4, 0.5) is 10.1 Å². The summed E-state index contributed by atoms with van der Waals surface area (Å²) in [6.07, 6.45) is 4.64.